The molecule has 0 heterocycles. The summed E-state index contributed by atoms with van der Waals surface area (Å²) in [6, 6.07) is 6.54. The van der Waals surface area contributed by atoms with Crippen molar-refractivity contribution in [2.24, 2.45) is 0 Å². The quantitative estimate of drug-likeness (QED) is 0.530. The van der Waals surface area contributed by atoms with Crippen molar-refractivity contribution in [1.82, 2.24) is 0 Å². The summed E-state index contributed by atoms with van der Waals surface area (Å²) in [7, 11) is 0. The number of hydrogen-bond acceptors (Lipinski definition) is 1. The maximum absolute atomic E-state index is 11.9. The van der Waals surface area contributed by atoms with Crippen LogP contribution in [0.5, 0.6) is 5.75 Å². The molecule has 0 spiro atoms. The predicted molar refractivity (Wildman–Crippen MR) is 25.7 cm³/mol. The summed E-state index contributed by atoms with van der Waals surface area (Å²) in [5.41, 5.74) is 0. The number of hydrogen-bond donors (Lipinski definition) is 1. The smallest absolute Gasteiger partial charge is 0.173 e. The Bertz CT molecular complexity index is 147. The van der Waals surface area contributed by atoms with E-state index in [9.17, 15) is 4.39 Å². The molecule has 0 radical (unpaired) electrons. The van der Waals surface area contributed by atoms with Crippen molar-refractivity contribution in [2.75, 3.05) is 0 Å². The van der Waals surface area contributed by atoms with Gasteiger partial charge in [-0.05, 0) is 24.3 Å². The number of halogens is 1. The lowest BCUT2D eigenvalue weighted by Gasteiger charge is -1.79. The maximum atomic E-state index is 11.9. The van der Waals surface area contributed by atoms with E-state index in [0.29, 0.717) is 0 Å². The highest BCUT2D eigenvalue weighted by atomic mass is 19.1. The lowest BCUT2D eigenvalue weighted by Crippen LogP contribution is -1.64. The van der Waals surface area contributed by atoms with Gasteiger partial charge in [0.1, 0.15) is 0 Å². The van der Waals surface area contributed by atoms with Crippen LogP contribution in [0, 0.1) is 17.9 Å². The van der Waals surface area contributed by atoms with E-state index in [1.54, 1.807) is 0 Å². The van der Waals surface area contributed by atoms with Crippen LogP contribution >= 0.6 is 0 Å². The van der Waals surface area contributed by atoms with Gasteiger partial charge in [-0.1, -0.05) is 0 Å². The molecule has 1 aromatic rings. The van der Waals surface area contributed by atoms with Crippen molar-refractivity contribution in [3.8, 4) is 5.75 Å². The van der Waals surface area contributed by atoms with Crippen LogP contribution in [0.1, 0.15) is 0 Å². The zero-order chi connectivity index (χ0) is 5.98. The van der Waals surface area contributed by atoms with Gasteiger partial charge in [0.25, 0.3) is 0 Å². The Morgan fingerprint density at radius 2 is 2.12 bits per heavy atom. The standard InChI is InChI=1S/C6H3FO/c7-5-1-3-6(8)4-2-5/h1,3,8H. The molecule has 0 bridgehead atoms. The minimum absolute atomic E-state index is 0.0913. The summed E-state index contributed by atoms with van der Waals surface area (Å²) >= 11 is 0. The highest BCUT2D eigenvalue weighted by Gasteiger charge is 1.82. The fraction of sp³-hybridized carbons (Fsp3) is 0. The molecule has 0 aliphatic rings. The zero-order valence-electron chi connectivity index (χ0n) is 3.98. The monoisotopic (exact) mass is 110 g/mol. The van der Waals surface area contributed by atoms with Crippen LogP contribution < -0.4 is 0 Å². The van der Waals surface area contributed by atoms with Gasteiger partial charge in [-0.25, -0.2) is 0 Å². The molecular formula is C6H3FO. The van der Waals surface area contributed by atoms with Crippen LogP contribution in [0.25, 0.3) is 0 Å². The molecule has 0 atom stereocenters. The molecule has 0 aliphatic carbocycles. The minimum atomic E-state index is -0.511. The first kappa shape index (κ1) is 4.92. The van der Waals surface area contributed by atoms with Crippen molar-refractivity contribution < 1.29 is 9.50 Å². The van der Waals surface area contributed by atoms with Crippen LogP contribution in [0.2, 0.25) is 0 Å². The Morgan fingerprint density at radius 1 is 1.38 bits per heavy atom. The Morgan fingerprint density at radius 3 is 2.50 bits per heavy atom. The van der Waals surface area contributed by atoms with Gasteiger partial charge in [0.2, 0.25) is 0 Å². The summed E-state index contributed by atoms with van der Waals surface area (Å²) in [4.78, 5) is 0. The molecule has 0 saturated heterocycles. The van der Waals surface area contributed by atoms with Crippen molar-refractivity contribution in [3.63, 3.8) is 0 Å². The summed E-state index contributed by atoms with van der Waals surface area (Å²) in [6.07, 6.45) is 0. The van der Waals surface area contributed by atoms with Crippen LogP contribution in [-0.2, 0) is 0 Å². The molecule has 1 N–H and O–H groups in total. The molecular weight excluding hydrogens is 107 g/mol. The van der Waals surface area contributed by atoms with E-state index in [0.717, 1.165) is 6.07 Å². The van der Waals surface area contributed by atoms with Gasteiger partial charge in [-0.2, -0.15) is 4.39 Å². The third-order valence-electron chi connectivity index (χ3n) is 0.698. The summed E-state index contributed by atoms with van der Waals surface area (Å²) in [5, 5.41) is 8.50. The van der Waals surface area contributed by atoms with E-state index in [-0.39, 0.29) is 5.75 Å². The normalized spacial score (nSPS) is 8.12. The second-order valence-electron chi connectivity index (χ2n) is 1.32. The fourth-order valence-electron chi connectivity index (χ4n) is 0.359. The molecule has 40 valence electrons. The highest BCUT2D eigenvalue weighted by Crippen LogP contribution is 2.00. The summed E-state index contributed by atoms with van der Waals surface area (Å²) in [6.45, 7) is 0. The largest absolute Gasteiger partial charge is 0.501 e. The minimum Gasteiger partial charge on any atom is -0.501 e. The van der Waals surface area contributed by atoms with Gasteiger partial charge in [0.15, 0.2) is 11.6 Å². The Labute approximate surface area is 46.4 Å². The lowest BCUT2D eigenvalue weighted by atomic mass is 10.4. The SMILES string of the molecule is Oc1c#cc(F)cc1. The molecule has 1 rings (SSSR count). The van der Waals surface area contributed by atoms with Gasteiger partial charge in [0.05, 0.1) is 0 Å². The topological polar surface area (TPSA) is 20.2 Å². The van der Waals surface area contributed by atoms with E-state index >= 15 is 0 Å². The first-order valence-corrected chi connectivity index (χ1v) is 2.07. The van der Waals surface area contributed by atoms with Crippen LogP contribution in [-0.4, -0.2) is 5.11 Å². The molecule has 1 aromatic carbocycles. The molecule has 0 amide bonds. The third-order valence-corrected chi connectivity index (χ3v) is 0.698. The third kappa shape index (κ3) is 0.881. The van der Waals surface area contributed by atoms with Crippen LogP contribution in [0.15, 0.2) is 12.1 Å². The Hall–Kier alpha value is -1.23. The Balaban J connectivity index is 3.03. The molecule has 8 heavy (non-hydrogen) atoms. The molecule has 0 saturated carbocycles. The van der Waals surface area contributed by atoms with Gasteiger partial charge >= 0.3 is 0 Å². The lowest BCUT2D eigenvalue weighted by molar-refractivity contribution is 0.474. The van der Waals surface area contributed by atoms with Gasteiger partial charge in [0, 0.05) is 0 Å². The average molecular weight is 110 g/mol. The van der Waals surface area contributed by atoms with E-state index in [2.05, 4.69) is 12.1 Å². The predicted octanol–water partition coefficient (Wildman–Crippen LogP) is 1.13. The zero-order valence-corrected chi connectivity index (χ0v) is 3.98. The molecule has 0 aliphatic heterocycles. The van der Waals surface area contributed by atoms with E-state index in [4.69, 9.17) is 5.11 Å². The second-order valence-corrected chi connectivity index (χ2v) is 1.32. The molecule has 2 heteroatoms. The summed E-state index contributed by atoms with van der Waals surface area (Å²) < 4.78 is 11.9. The molecule has 0 fully saturated rings. The van der Waals surface area contributed by atoms with Crippen LogP contribution in [0.3, 0.4) is 0 Å². The van der Waals surface area contributed by atoms with E-state index in [1.807, 2.05) is 0 Å². The van der Waals surface area contributed by atoms with Crippen molar-refractivity contribution in [3.05, 3.63) is 30.1 Å². The highest BCUT2D eigenvalue weighted by molar-refractivity contribution is 5.12. The molecule has 0 aromatic heterocycles. The van der Waals surface area contributed by atoms with Crippen molar-refractivity contribution in [2.45, 2.75) is 0 Å². The molecule has 1 nitrogen and oxygen atoms in total. The number of rotatable bonds is 0. The maximum Gasteiger partial charge on any atom is 0.173 e. The average Bonchev–Trinajstić information content (AvgIpc) is 1.77. The van der Waals surface area contributed by atoms with Gasteiger partial charge < -0.3 is 5.11 Å². The van der Waals surface area contributed by atoms with E-state index < -0.39 is 5.82 Å². The number of aromatic hydroxyl groups is 1. The summed E-state index contributed by atoms with van der Waals surface area (Å²) in [5.74, 6) is -0.603. The molecule has 0 unspecified atom stereocenters. The fourth-order valence-corrected chi connectivity index (χ4v) is 0.359. The van der Waals surface area contributed by atoms with Crippen molar-refractivity contribution >= 4 is 0 Å². The second kappa shape index (κ2) is 1.71. The first-order valence-electron chi connectivity index (χ1n) is 2.07. The van der Waals surface area contributed by atoms with Gasteiger partial charge in [-0.15, -0.1) is 0 Å². The van der Waals surface area contributed by atoms with Crippen molar-refractivity contribution in [1.29, 1.82) is 0 Å². The first-order chi connectivity index (χ1) is 3.79. The van der Waals surface area contributed by atoms with Crippen LogP contribution in [0.4, 0.5) is 4.39 Å². The van der Waals surface area contributed by atoms with E-state index in [1.165, 1.54) is 6.07 Å². The van der Waals surface area contributed by atoms with Gasteiger partial charge in [-0.3, -0.25) is 0 Å². The Kier molecular flexibility index (Phi) is 1.05.